The summed E-state index contributed by atoms with van der Waals surface area (Å²) in [7, 11) is 2.18. The van der Waals surface area contributed by atoms with E-state index in [1.807, 2.05) is 5.01 Å². The van der Waals surface area contributed by atoms with E-state index < -0.39 is 0 Å². The number of nitrogens with one attached hydrogen (secondary N) is 1. The highest BCUT2D eigenvalue weighted by Gasteiger charge is 2.24. The van der Waals surface area contributed by atoms with E-state index in [9.17, 15) is 0 Å². The summed E-state index contributed by atoms with van der Waals surface area (Å²) in [5.41, 5.74) is 4.23. The number of aromatic nitrogens is 1. The SMILES string of the molecule is CN1CCc2cc(C3CCCCCN3N)[nH]c2C1. The highest BCUT2D eigenvalue weighted by atomic mass is 15.4. The summed E-state index contributed by atoms with van der Waals surface area (Å²) in [4.78, 5) is 6.00. The van der Waals surface area contributed by atoms with Crippen LogP contribution < -0.4 is 5.84 Å². The van der Waals surface area contributed by atoms with Gasteiger partial charge in [0.05, 0.1) is 6.04 Å². The molecule has 2 aliphatic heterocycles. The van der Waals surface area contributed by atoms with Crippen molar-refractivity contribution in [3.8, 4) is 0 Å². The summed E-state index contributed by atoms with van der Waals surface area (Å²) in [5.74, 6) is 6.20. The number of likely N-dealkylation sites (N-methyl/N-ethyl adjacent to an activating group) is 1. The Morgan fingerprint density at radius 3 is 3.06 bits per heavy atom. The zero-order valence-corrected chi connectivity index (χ0v) is 11.3. The number of hydrogen-bond donors (Lipinski definition) is 2. The summed E-state index contributed by atoms with van der Waals surface area (Å²) in [6.07, 6.45) is 6.19. The lowest BCUT2D eigenvalue weighted by Crippen LogP contribution is -2.35. The van der Waals surface area contributed by atoms with Gasteiger partial charge in [-0.3, -0.25) is 5.84 Å². The Morgan fingerprint density at radius 1 is 1.28 bits per heavy atom. The Balaban J connectivity index is 1.83. The van der Waals surface area contributed by atoms with Crippen molar-refractivity contribution >= 4 is 0 Å². The van der Waals surface area contributed by atoms with Crippen LogP contribution in [0.3, 0.4) is 0 Å². The van der Waals surface area contributed by atoms with E-state index in [0.717, 1.165) is 13.1 Å². The third kappa shape index (κ3) is 2.32. The number of hydrazine groups is 1. The van der Waals surface area contributed by atoms with Crippen LogP contribution in [0.15, 0.2) is 6.07 Å². The van der Waals surface area contributed by atoms with Crippen molar-refractivity contribution in [3.63, 3.8) is 0 Å². The molecule has 0 saturated carbocycles. The van der Waals surface area contributed by atoms with E-state index in [4.69, 9.17) is 5.84 Å². The van der Waals surface area contributed by atoms with E-state index in [0.29, 0.717) is 6.04 Å². The number of hydrogen-bond acceptors (Lipinski definition) is 3. The van der Waals surface area contributed by atoms with Gasteiger partial charge in [0.2, 0.25) is 0 Å². The molecule has 0 spiro atoms. The largest absolute Gasteiger partial charge is 0.360 e. The van der Waals surface area contributed by atoms with Gasteiger partial charge < -0.3 is 9.88 Å². The second-order valence-corrected chi connectivity index (χ2v) is 5.82. The molecule has 3 heterocycles. The standard InChI is InChI=1S/C14H24N4/c1-17-8-6-11-9-12(16-13(11)10-17)14-5-3-2-4-7-18(14)15/h9,14,16H,2-8,10,15H2,1H3. The number of fused-ring (bicyclic) bond motifs is 1. The lowest BCUT2D eigenvalue weighted by molar-refractivity contribution is 0.203. The Kier molecular flexibility index (Phi) is 3.41. The molecule has 4 heteroatoms. The molecule has 1 aromatic rings. The summed E-state index contributed by atoms with van der Waals surface area (Å²) >= 11 is 0. The molecule has 1 unspecified atom stereocenters. The van der Waals surface area contributed by atoms with Crippen molar-refractivity contribution in [3.05, 3.63) is 23.0 Å². The smallest absolute Gasteiger partial charge is 0.0640 e. The van der Waals surface area contributed by atoms with E-state index in [1.165, 1.54) is 55.6 Å². The van der Waals surface area contributed by atoms with Crippen LogP contribution in [-0.4, -0.2) is 35.0 Å². The monoisotopic (exact) mass is 248 g/mol. The second kappa shape index (κ2) is 5.03. The molecule has 1 aromatic heterocycles. The molecule has 1 saturated heterocycles. The maximum Gasteiger partial charge on any atom is 0.0640 e. The predicted molar refractivity (Wildman–Crippen MR) is 72.9 cm³/mol. The minimum Gasteiger partial charge on any atom is -0.360 e. The van der Waals surface area contributed by atoms with Crippen LogP contribution in [0.1, 0.15) is 48.7 Å². The average molecular weight is 248 g/mol. The number of rotatable bonds is 1. The predicted octanol–water partition coefficient (Wildman–Crippen LogP) is 1.79. The van der Waals surface area contributed by atoms with Crippen LogP contribution in [0.2, 0.25) is 0 Å². The summed E-state index contributed by atoms with van der Waals surface area (Å²) in [5, 5.41) is 2.04. The molecule has 1 fully saturated rings. The molecule has 0 radical (unpaired) electrons. The van der Waals surface area contributed by atoms with Crippen LogP contribution in [0.5, 0.6) is 0 Å². The highest BCUT2D eigenvalue weighted by molar-refractivity contribution is 5.29. The van der Waals surface area contributed by atoms with Gasteiger partial charge in [-0.25, -0.2) is 5.01 Å². The van der Waals surface area contributed by atoms with E-state index in [-0.39, 0.29) is 0 Å². The molecule has 0 amide bonds. The summed E-state index contributed by atoms with van der Waals surface area (Å²) < 4.78 is 0. The second-order valence-electron chi connectivity index (χ2n) is 5.82. The molecule has 100 valence electrons. The zero-order chi connectivity index (χ0) is 12.5. The van der Waals surface area contributed by atoms with E-state index >= 15 is 0 Å². The molecule has 4 nitrogen and oxygen atoms in total. The van der Waals surface area contributed by atoms with Gasteiger partial charge in [-0.2, -0.15) is 0 Å². The van der Waals surface area contributed by atoms with Gasteiger partial charge in [0.1, 0.15) is 0 Å². The number of nitrogens with zero attached hydrogens (tertiary/aromatic N) is 2. The van der Waals surface area contributed by atoms with Crippen molar-refractivity contribution < 1.29 is 0 Å². The van der Waals surface area contributed by atoms with Gasteiger partial charge >= 0.3 is 0 Å². The van der Waals surface area contributed by atoms with Crippen molar-refractivity contribution in [1.29, 1.82) is 0 Å². The van der Waals surface area contributed by atoms with Crippen LogP contribution in [-0.2, 0) is 13.0 Å². The minimum absolute atomic E-state index is 0.392. The molecule has 0 aromatic carbocycles. The molecule has 3 rings (SSSR count). The van der Waals surface area contributed by atoms with Crippen molar-refractivity contribution in [1.82, 2.24) is 14.9 Å². The van der Waals surface area contributed by atoms with Crippen LogP contribution >= 0.6 is 0 Å². The summed E-state index contributed by atoms with van der Waals surface area (Å²) in [6.45, 7) is 3.24. The number of aromatic amines is 1. The van der Waals surface area contributed by atoms with E-state index in [2.05, 4.69) is 23.0 Å². The number of nitrogens with two attached hydrogens (primary N) is 1. The lowest BCUT2D eigenvalue weighted by atomic mass is 10.1. The molecule has 0 bridgehead atoms. The van der Waals surface area contributed by atoms with Gasteiger partial charge in [-0.05, 0) is 37.9 Å². The normalized spacial score (nSPS) is 26.9. The fourth-order valence-corrected chi connectivity index (χ4v) is 3.23. The topological polar surface area (TPSA) is 48.3 Å². The minimum atomic E-state index is 0.392. The van der Waals surface area contributed by atoms with E-state index in [1.54, 1.807) is 0 Å². The fraction of sp³-hybridized carbons (Fsp3) is 0.714. The lowest BCUT2D eigenvalue weighted by Gasteiger charge is -2.24. The fourth-order valence-electron chi connectivity index (χ4n) is 3.23. The maximum atomic E-state index is 6.20. The first-order valence-corrected chi connectivity index (χ1v) is 7.14. The number of H-pyrrole nitrogens is 1. The van der Waals surface area contributed by atoms with Crippen LogP contribution in [0.25, 0.3) is 0 Å². The van der Waals surface area contributed by atoms with Crippen LogP contribution in [0.4, 0.5) is 0 Å². The zero-order valence-electron chi connectivity index (χ0n) is 11.3. The van der Waals surface area contributed by atoms with Gasteiger partial charge in [0, 0.05) is 31.0 Å². The molecule has 18 heavy (non-hydrogen) atoms. The van der Waals surface area contributed by atoms with Gasteiger partial charge in [0.15, 0.2) is 0 Å². The van der Waals surface area contributed by atoms with Crippen molar-refractivity contribution in [2.75, 3.05) is 20.1 Å². The van der Waals surface area contributed by atoms with Crippen molar-refractivity contribution in [2.24, 2.45) is 5.84 Å². The Bertz CT molecular complexity index is 412. The first-order chi connectivity index (χ1) is 8.74. The third-order valence-corrected chi connectivity index (χ3v) is 4.36. The molecule has 0 aliphatic carbocycles. The van der Waals surface area contributed by atoms with Gasteiger partial charge in [0.25, 0.3) is 0 Å². The molecule has 1 atom stereocenters. The van der Waals surface area contributed by atoms with Crippen molar-refractivity contribution in [2.45, 2.75) is 44.7 Å². The Labute approximate surface area is 109 Å². The first-order valence-electron chi connectivity index (χ1n) is 7.14. The van der Waals surface area contributed by atoms with Gasteiger partial charge in [-0.15, -0.1) is 0 Å². The quantitative estimate of drug-likeness (QED) is 0.745. The van der Waals surface area contributed by atoms with Gasteiger partial charge in [-0.1, -0.05) is 12.8 Å². The van der Waals surface area contributed by atoms with Crippen LogP contribution in [0, 0.1) is 0 Å². The molecular weight excluding hydrogens is 224 g/mol. The summed E-state index contributed by atoms with van der Waals surface area (Å²) in [6, 6.07) is 2.75. The highest BCUT2D eigenvalue weighted by Crippen LogP contribution is 2.30. The Hall–Kier alpha value is -0.840. The molecule has 2 aliphatic rings. The maximum absolute atomic E-state index is 6.20. The molecular formula is C14H24N4. The Morgan fingerprint density at radius 2 is 2.17 bits per heavy atom. The molecule has 3 N–H and O–H groups in total. The first kappa shape index (κ1) is 12.2. The third-order valence-electron chi connectivity index (χ3n) is 4.36. The average Bonchev–Trinajstić information content (AvgIpc) is 2.63.